The molecule has 1 aliphatic rings. The molecule has 6 nitrogen and oxygen atoms in total. The Morgan fingerprint density at radius 1 is 1.38 bits per heavy atom. The predicted molar refractivity (Wildman–Crippen MR) is 77.1 cm³/mol. The van der Waals surface area contributed by atoms with Crippen LogP contribution in [0.5, 0.6) is 0 Å². The summed E-state index contributed by atoms with van der Waals surface area (Å²) in [6.07, 6.45) is 6.88. The number of rotatable bonds is 1. The SMILES string of the molecule is NCC#Cc1cncc(C(=O)N2CCn3ccnc3C2)c1. The first-order chi connectivity index (χ1) is 10.3. The summed E-state index contributed by atoms with van der Waals surface area (Å²) in [4.78, 5) is 22.6. The highest BCUT2D eigenvalue weighted by Gasteiger charge is 2.22. The Morgan fingerprint density at radius 3 is 3.14 bits per heavy atom. The molecular formula is C15H15N5O. The number of imidazole rings is 1. The zero-order valence-corrected chi connectivity index (χ0v) is 11.5. The molecule has 0 radical (unpaired) electrons. The fourth-order valence-electron chi connectivity index (χ4n) is 2.31. The van der Waals surface area contributed by atoms with Crippen molar-refractivity contribution in [1.82, 2.24) is 19.4 Å². The zero-order chi connectivity index (χ0) is 14.7. The number of hydrogen-bond donors (Lipinski definition) is 1. The van der Waals surface area contributed by atoms with Crippen LogP contribution in [0.4, 0.5) is 0 Å². The molecule has 0 unspecified atom stereocenters. The Labute approximate surface area is 122 Å². The molecule has 21 heavy (non-hydrogen) atoms. The summed E-state index contributed by atoms with van der Waals surface area (Å²) >= 11 is 0. The lowest BCUT2D eigenvalue weighted by molar-refractivity contribution is 0.0707. The molecule has 0 aliphatic carbocycles. The standard InChI is InChI=1S/C15H15N5O/c16-3-1-2-12-8-13(10-17-9-12)15(21)20-7-6-19-5-4-18-14(19)11-20/h4-5,8-10H,3,6-7,11,16H2. The first kappa shape index (κ1) is 13.3. The fraction of sp³-hybridized carbons (Fsp3) is 0.267. The first-order valence-electron chi connectivity index (χ1n) is 6.71. The lowest BCUT2D eigenvalue weighted by Crippen LogP contribution is -2.38. The van der Waals surface area contributed by atoms with E-state index in [2.05, 4.69) is 26.4 Å². The van der Waals surface area contributed by atoms with Gasteiger partial charge in [-0.15, -0.1) is 0 Å². The third-order valence-electron chi connectivity index (χ3n) is 3.35. The molecule has 1 amide bonds. The molecule has 0 saturated heterocycles. The molecule has 0 atom stereocenters. The van der Waals surface area contributed by atoms with Crippen molar-refractivity contribution < 1.29 is 4.79 Å². The normalized spacial score (nSPS) is 13.3. The molecule has 2 N–H and O–H groups in total. The maximum absolute atomic E-state index is 12.5. The minimum absolute atomic E-state index is 0.0480. The summed E-state index contributed by atoms with van der Waals surface area (Å²) < 4.78 is 2.06. The molecule has 0 spiro atoms. The third-order valence-corrected chi connectivity index (χ3v) is 3.35. The van der Waals surface area contributed by atoms with E-state index in [0.717, 1.165) is 12.4 Å². The molecular weight excluding hydrogens is 266 g/mol. The van der Waals surface area contributed by atoms with Crippen molar-refractivity contribution in [1.29, 1.82) is 0 Å². The van der Waals surface area contributed by atoms with E-state index in [1.807, 2.05) is 6.20 Å². The summed E-state index contributed by atoms with van der Waals surface area (Å²) in [5.74, 6) is 6.50. The second kappa shape index (κ2) is 5.77. The highest BCUT2D eigenvalue weighted by atomic mass is 16.2. The van der Waals surface area contributed by atoms with Crippen LogP contribution in [0.2, 0.25) is 0 Å². The van der Waals surface area contributed by atoms with Crippen molar-refractivity contribution in [3.05, 3.63) is 47.8 Å². The third kappa shape index (κ3) is 2.78. The lowest BCUT2D eigenvalue weighted by Gasteiger charge is -2.27. The molecule has 2 aromatic rings. The summed E-state index contributed by atoms with van der Waals surface area (Å²) in [5.41, 5.74) is 6.59. The maximum Gasteiger partial charge on any atom is 0.255 e. The summed E-state index contributed by atoms with van der Waals surface area (Å²) in [5, 5.41) is 0. The fourth-order valence-corrected chi connectivity index (χ4v) is 2.31. The zero-order valence-electron chi connectivity index (χ0n) is 11.5. The van der Waals surface area contributed by atoms with Gasteiger partial charge in [0.15, 0.2) is 0 Å². The van der Waals surface area contributed by atoms with E-state index < -0.39 is 0 Å². The number of nitrogens with zero attached hydrogens (tertiary/aromatic N) is 4. The maximum atomic E-state index is 12.5. The van der Waals surface area contributed by atoms with Crippen molar-refractivity contribution in [2.45, 2.75) is 13.1 Å². The topological polar surface area (TPSA) is 77.0 Å². The van der Waals surface area contributed by atoms with Crippen LogP contribution in [0.25, 0.3) is 0 Å². The molecule has 0 bridgehead atoms. The van der Waals surface area contributed by atoms with Gasteiger partial charge in [0.05, 0.1) is 18.7 Å². The molecule has 106 valence electrons. The Hall–Kier alpha value is -2.65. The highest BCUT2D eigenvalue weighted by Crippen LogP contribution is 2.14. The van der Waals surface area contributed by atoms with Crippen LogP contribution in [0, 0.1) is 11.8 Å². The molecule has 2 aromatic heterocycles. The van der Waals surface area contributed by atoms with Crippen molar-refractivity contribution in [3.8, 4) is 11.8 Å². The van der Waals surface area contributed by atoms with E-state index in [1.165, 1.54) is 0 Å². The molecule has 0 saturated carbocycles. The second-order valence-electron chi connectivity index (χ2n) is 4.73. The second-order valence-corrected chi connectivity index (χ2v) is 4.73. The number of carbonyl (C=O) groups excluding carboxylic acids is 1. The van der Waals surface area contributed by atoms with E-state index in [-0.39, 0.29) is 12.5 Å². The Balaban J connectivity index is 1.80. The van der Waals surface area contributed by atoms with E-state index in [4.69, 9.17) is 5.73 Å². The van der Waals surface area contributed by atoms with Crippen molar-refractivity contribution in [2.75, 3.05) is 13.1 Å². The van der Waals surface area contributed by atoms with E-state index in [9.17, 15) is 4.79 Å². The molecule has 6 heteroatoms. The quantitative estimate of drug-likeness (QED) is 0.760. The highest BCUT2D eigenvalue weighted by molar-refractivity contribution is 5.94. The van der Waals surface area contributed by atoms with Gasteiger partial charge in [0, 0.05) is 43.4 Å². The summed E-state index contributed by atoms with van der Waals surface area (Å²) in [6.45, 7) is 2.24. The van der Waals surface area contributed by atoms with Crippen LogP contribution >= 0.6 is 0 Å². The number of fused-ring (bicyclic) bond motifs is 1. The largest absolute Gasteiger partial charge is 0.332 e. The van der Waals surface area contributed by atoms with Crippen LogP contribution in [-0.4, -0.2) is 38.4 Å². The van der Waals surface area contributed by atoms with Crippen LogP contribution in [0.15, 0.2) is 30.9 Å². The molecule has 0 fully saturated rings. The minimum Gasteiger partial charge on any atom is -0.332 e. The van der Waals surface area contributed by atoms with Gasteiger partial charge in [-0.3, -0.25) is 9.78 Å². The van der Waals surface area contributed by atoms with E-state index in [1.54, 1.807) is 29.6 Å². The average molecular weight is 281 g/mol. The van der Waals surface area contributed by atoms with Gasteiger partial charge in [-0.1, -0.05) is 11.8 Å². The van der Waals surface area contributed by atoms with Gasteiger partial charge >= 0.3 is 0 Å². The monoisotopic (exact) mass is 281 g/mol. The molecule has 3 rings (SSSR count). The number of pyridine rings is 1. The Morgan fingerprint density at radius 2 is 2.29 bits per heavy atom. The van der Waals surface area contributed by atoms with Gasteiger partial charge < -0.3 is 15.2 Å². The van der Waals surface area contributed by atoms with Gasteiger partial charge in [0.1, 0.15) is 5.82 Å². The number of amides is 1. The number of aromatic nitrogens is 3. The summed E-state index contributed by atoms with van der Waals surface area (Å²) in [6, 6.07) is 1.75. The first-order valence-corrected chi connectivity index (χ1v) is 6.71. The average Bonchev–Trinajstić information content (AvgIpc) is 3.00. The predicted octanol–water partition coefficient (Wildman–Crippen LogP) is 0.244. The lowest BCUT2D eigenvalue weighted by atomic mass is 10.1. The van der Waals surface area contributed by atoms with Crippen molar-refractivity contribution in [2.24, 2.45) is 5.73 Å². The van der Waals surface area contributed by atoms with Crippen molar-refractivity contribution >= 4 is 5.91 Å². The van der Waals surface area contributed by atoms with E-state index >= 15 is 0 Å². The van der Waals surface area contributed by atoms with Crippen molar-refractivity contribution in [3.63, 3.8) is 0 Å². The summed E-state index contributed by atoms with van der Waals surface area (Å²) in [7, 11) is 0. The molecule has 0 aromatic carbocycles. The minimum atomic E-state index is -0.0480. The van der Waals surface area contributed by atoms with E-state index in [0.29, 0.717) is 24.2 Å². The van der Waals surface area contributed by atoms with Gasteiger partial charge in [-0.2, -0.15) is 0 Å². The van der Waals surface area contributed by atoms with Crippen LogP contribution in [0.1, 0.15) is 21.7 Å². The van der Waals surface area contributed by atoms with Gasteiger partial charge in [0.2, 0.25) is 0 Å². The smallest absolute Gasteiger partial charge is 0.255 e. The molecule has 3 heterocycles. The molecule has 1 aliphatic heterocycles. The van der Waals surface area contributed by atoms with Crippen LogP contribution in [0.3, 0.4) is 0 Å². The van der Waals surface area contributed by atoms with Gasteiger partial charge in [-0.25, -0.2) is 4.98 Å². The van der Waals surface area contributed by atoms with Gasteiger partial charge in [-0.05, 0) is 6.07 Å². The Kier molecular flexibility index (Phi) is 3.67. The number of hydrogen-bond acceptors (Lipinski definition) is 4. The van der Waals surface area contributed by atoms with Crippen LogP contribution < -0.4 is 5.73 Å². The number of nitrogens with two attached hydrogens (primary N) is 1. The van der Waals surface area contributed by atoms with Crippen LogP contribution in [-0.2, 0) is 13.1 Å². The number of carbonyl (C=O) groups is 1. The van der Waals surface area contributed by atoms with Gasteiger partial charge in [0.25, 0.3) is 5.91 Å². The Bertz CT molecular complexity index is 725.